The lowest BCUT2D eigenvalue weighted by molar-refractivity contribution is 0.112. The Morgan fingerprint density at radius 1 is 1.53 bits per heavy atom. The summed E-state index contributed by atoms with van der Waals surface area (Å²) in [7, 11) is 1.78. The van der Waals surface area contributed by atoms with Gasteiger partial charge < -0.3 is 4.74 Å². The Morgan fingerprint density at radius 2 is 2.26 bits per heavy atom. The van der Waals surface area contributed by atoms with Gasteiger partial charge in [0, 0.05) is 22.6 Å². The number of hydrogen-bond acceptors (Lipinski definition) is 3. The standard InChI is InChI=1S/C13H12BrClN2O2/c1-8-11(13(15)17(2)16-8)7-19-10-3-4-12(14)9(5-10)6-18/h3-6H,7H2,1-2H3. The number of benzene rings is 1. The van der Waals surface area contributed by atoms with Crippen molar-refractivity contribution in [2.45, 2.75) is 13.5 Å². The first-order chi connectivity index (χ1) is 9.02. The highest BCUT2D eigenvalue weighted by Crippen LogP contribution is 2.24. The highest BCUT2D eigenvalue weighted by atomic mass is 79.9. The Morgan fingerprint density at radius 3 is 2.84 bits per heavy atom. The third-order valence-electron chi connectivity index (χ3n) is 2.75. The molecule has 2 aromatic rings. The normalized spacial score (nSPS) is 10.5. The summed E-state index contributed by atoms with van der Waals surface area (Å²) >= 11 is 9.41. The maximum atomic E-state index is 10.8. The molecule has 0 unspecified atom stereocenters. The number of ether oxygens (including phenoxy) is 1. The van der Waals surface area contributed by atoms with Crippen LogP contribution in [0.2, 0.25) is 5.15 Å². The van der Waals surface area contributed by atoms with Gasteiger partial charge in [0.05, 0.1) is 5.69 Å². The largest absolute Gasteiger partial charge is 0.489 e. The molecule has 19 heavy (non-hydrogen) atoms. The molecule has 1 aromatic heterocycles. The van der Waals surface area contributed by atoms with Crippen LogP contribution in [0.3, 0.4) is 0 Å². The Bertz CT molecular complexity index is 625. The minimum Gasteiger partial charge on any atom is -0.489 e. The van der Waals surface area contributed by atoms with E-state index in [-0.39, 0.29) is 0 Å². The predicted octanol–water partition coefficient (Wildman–Crippen LogP) is 3.54. The second-order valence-electron chi connectivity index (χ2n) is 4.07. The van der Waals surface area contributed by atoms with E-state index in [1.165, 1.54) is 0 Å². The molecule has 0 amide bonds. The van der Waals surface area contributed by atoms with Crippen molar-refractivity contribution in [2.24, 2.45) is 7.05 Å². The van der Waals surface area contributed by atoms with Crippen molar-refractivity contribution in [3.05, 3.63) is 44.6 Å². The molecular weight excluding hydrogens is 332 g/mol. The number of nitrogens with zero attached hydrogens (tertiary/aromatic N) is 2. The zero-order valence-electron chi connectivity index (χ0n) is 10.5. The molecule has 0 radical (unpaired) electrons. The van der Waals surface area contributed by atoms with Crippen molar-refractivity contribution in [2.75, 3.05) is 0 Å². The second-order valence-corrected chi connectivity index (χ2v) is 5.28. The molecule has 0 N–H and O–H groups in total. The van der Waals surface area contributed by atoms with E-state index in [4.69, 9.17) is 16.3 Å². The van der Waals surface area contributed by atoms with Crippen molar-refractivity contribution in [1.82, 2.24) is 9.78 Å². The van der Waals surface area contributed by atoms with Crippen molar-refractivity contribution in [3.63, 3.8) is 0 Å². The molecule has 0 bridgehead atoms. The molecule has 1 heterocycles. The van der Waals surface area contributed by atoms with Crippen molar-refractivity contribution in [3.8, 4) is 5.75 Å². The van der Waals surface area contributed by atoms with Crippen LogP contribution in [0.1, 0.15) is 21.6 Å². The van der Waals surface area contributed by atoms with E-state index in [1.54, 1.807) is 29.9 Å². The Kier molecular flexibility index (Phi) is 4.27. The minimum atomic E-state index is 0.318. The van der Waals surface area contributed by atoms with Crippen LogP contribution in [-0.4, -0.2) is 16.1 Å². The van der Waals surface area contributed by atoms with Crippen LogP contribution in [0.25, 0.3) is 0 Å². The van der Waals surface area contributed by atoms with Gasteiger partial charge in [-0.15, -0.1) is 0 Å². The maximum Gasteiger partial charge on any atom is 0.151 e. The van der Waals surface area contributed by atoms with Gasteiger partial charge in [0.25, 0.3) is 0 Å². The summed E-state index contributed by atoms with van der Waals surface area (Å²) in [6, 6.07) is 5.24. The Hall–Kier alpha value is -1.33. The summed E-state index contributed by atoms with van der Waals surface area (Å²) in [6.45, 7) is 2.20. The number of carbonyl (C=O) groups is 1. The molecule has 0 aliphatic rings. The summed E-state index contributed by atoms with van der Waals surface area (Å²) in [5.74, 6) is 0.615. The van der Waals surface area contributed by atoms with Crippen LogP contribution in [0.15, 0.2) is 22.7 Å². The number of aldehydes is 1. The van der Waals surface area contributed by atoms with Gasteiger partial charge in [-0.3, -0.25) is 9.48 Å². The summed E-state index contributed by atoms with van der Waals surface area (Å²) in [6.07, 6.45) is 0.777. The Balaban J connectivity index is 2.16. The average Bonchev–Trinajstić information content (AvgIpc) is 2.63. The summed E-state index contributed by atoms with van der Waals surface area (Å²) < 4.78 is 7.99. The first-order valence-corrected chi connectivity index (χ1v) is 6.75. The zero-order valence-corrected chi connectivity index (χ0v) is 12.8. The van der Waals surface area contributed by atoms with Crippen LogP contribution in [0.4, 0.5) is 0 Å². The lowest BCUT2D eigenvalue weighted by Crippen LogP contribution is -1.98. The molecule has 6 heteroatoms. The molecule has 4 nitrogen and oxygen atoms in total. The molecule has 0 atom stereocenters. The first-order valence-electron chi connectivity index (χ1n) is 5.58. The molecule has 0 spiro atoms. The fourth-order valence-corrected chi connectivity index (χ4v) is 2.26. The SMILES string of the molecule is Cc1nn(C)c(Cl)c1COc1ccc(Br)c(C=O)c1. The van der Waals surface area contributed by atoms with Crippen molar-refractivity contribution in [1.29, 1.82) is 0 Å². The number of carbonyl (C=O) groups excluding carboxylic acids is 1. The van der Waals surface area contributed by atoms with Gasteiger partial charge in [0.1, 0.15) is 17.5 Å². The molecule has 0 saturated heterocycles. The monoisotopic (exact) mass is 342 g/mol. The molecule has 100 valence electrons. The number of halogens is 2. The molecule has 0 saturated carbocycles. The van der Waals surface area contributed by atoms with Gasteiger partial charge in [-0.05, 0) is 25.1 Å². The van der Waals surface area contributed by atoms with Crippen LogP contribution in [-0.2, 0) is 13.7 Å². The van der Waals surface area contributed by atoms with Gasteiger partial charge in [-0.1, -0.05) is 27.5 Å². The highest BCUT2D eigenvalue weighted by Gasteiger charge is 2.12. The number of aromatic nitrogens is 2. The lowest BCUT2D eigenvalue weighted by atomic mass is 10.2. The summed E-state index contributed by atoms with van der Waals surface area (Å²) in [5.41, 5.74) is 2.23. The van der Waals surface area contributed by atoms with Gasteiger partial charge in [0.15, 0.2) is 6.29 Å². The Labute approximate surface area is 124 Å². The van der Waals surface area contributed by atoms with Gasteiger partial charge in [-0.2, -0.15) is 5.10 Å². The van der Waals surface area contributed by atoms with Crippen molar-refractivity contribution < 1.29 is 9.53 Å². The maximum absolute atomic E-state index is 10.8. The molecule has 0 fully saturated rings. The highest BCUT2D eigenvalue weighted by molar-refractivity contribution is 9.10. The molecule has 1 aromatic carbocycles. The summed E-state index contributed by atoms with van der Waals surface area (Å²) in [4.78, 5) is 10.8. The number of hydrogen-bond donors (Lipinski definition) is 0. The predicted molar refractivity (Wildman–Crippen MR) is 76.8 cm³/mol. The number of aryl methyl sites for hydroxylation is 2. The zero-order chi connectivity index (χ0) is 14.0. The van der Waals surface area contributed by atoms with Gasteiger partial charge in [0.2, 0.25) is 0 Å². The molecular formula is C13H12BrClN2O2. The van der Waals surface area contributed by atoms with Gasteiger partial charge >= 0.3 is 0 Å². The van der Waals surface area contributed by atoms with E-state index in [0.717, 1.165) is 22.0 Å². The molecule has 0 aliphatic carbocycles. The van der Waals surface area contributed by atoms with Crippen LogP contribution in [0, 0.1) is 6.92 Å². The molecule has 0 aliphatic heterocycles. The minimum absolute atomic E-state index is 0.318. The number of rotatable bonds is 4. The topological polar surface area (TPSA) is 44.1 Å². The van der Waals surface area contributed by atoms with Crippen LogP contribution >= 0.6 is 27.5 Å². The van der Waals surface area contributed by atoms with E-state index in [2.05, 4.69) is 21.0 Å². The van der Waals surface area contributed by atoms with E-state index in [9.17, 15) is 4.79 Å². The van der Waals surface area contributed by atoms with Gasteiger partial charge in [-0.25, -0.2) is 0 Å². The first kappa shape index (κ1) is 14.1. The van der Waals surface area contributed by atoms with E-state index in [0.29, 0.717) is 23.1 Å². The fourth-order valence-electron chi connectivity index (χ4n) is 1.70. The second kappa shape index (κ2) is 5.75. The van der Waals surface area contributed by atoms with Crippen LogP contribution < -0.4 is 4.74 Å². The lowest BCUT2D eigenvalue weighted by Gasteiger charge is -2.07. The third kappa shape index (κ3) is 2.98. The van der Waals surface area contributed by atoms with E-state index >= 15 is 0 Å². The quantitative estimate of drug-likeness (QED) is 0.798. The smallest absolute Gasteiger partial charge is 0.151 e. The molecule has 2 rings (SSSR count). The van der Waals surface area contributed by atoms with E-state index < -0.39 is 0 Å². The summed E-state index contributed by atoms with van der Waals surface area (Å²) in [5, 5.41) is 4.77. The average molecular weight is 344 g/mol. The van der Waals surface area contributed by atoms with Crippen LogP contribution in [0.5, 0.6) is 5.75 Å². The van der Waals surface area contributed by atoms with Crippen molar-refractivity contribution >= 4 is 33.8 Å². The van der Waals surface area contributed by atoms with E-state index in [1.807, 2.05) is 6.92 Å². The third-order valence-corrected chi connectivity index (χ3v) is 3.94. The fraction of sp³-hybridized carbons (Fsp3) is 0.231.